The Morgan fingerprint density at radius 1 is 0.962 bits per heavy atom. The smallest absolute Gasteiger partial charge is 0.311 e. The number of hydrogen-bond donors (Lipinski definition) is 7. The zero-order valence-corrected chi connectivity index (χ0v) is 32.7. The van der Waals surface area contributed by atoms with Crippen LogP contribution in [0.25, 0.3) is 21.6 Å². The van der Waals surface area contributed by atoms with E-state index in [0.717, 1.165) is 32.9 Å². The van der Waals surface area contributed by atoms with Crippen LogP contribution in [0.4, 0.5) is 11.4 Å². The van der Waals surface area contributed by atoms with E-state index in [0.29, 0.717) is 30.9 Å². The van der Waals surface area contributed by atoms with Gasteiger partial charge in [0.05, 0.1) is 28.6 Å². The number of nitrogens with one attached hydrogen (secondary N) is 2. The molecule has 290 valence electrons. The standard InChI is InChI=1S/C41H57N3O8S/c1-8-33-41(7,51)37(47)26(5)44(22-23(2)21-40(6,50)36(46)24(3)34(45)25(4)39(49)52-33)19-13-18-42-38(48)32-20-29-27-14-9-11-16-30(27)43-31-17-12-10-15-28(31)35(29)53-32/h9-12,14-17,20,23-26,33-34,36-37,43,45-47,50-51H,8,13,18-19,21-22H2,1-7H3,(H,42,48)/t23-,24+,25-,26-,33-,34+,36-,37-,40-,41-/m1/s1. The summed E-state index contributed by atoms with van der Waals surface area (Å²) in [5.74, 6) is -3.07. The van der Waals surface area contributed by atoms with Crippen molar-refractivity contribution >= 4 is 34.6 Å². The number of para-hydroxylation sites is 2. The number of ether oxygens (including phenoxy) is 1. The number of rotatable bonds is 6. The second-order valence-corrected chi connectivity index (χ2v) is 16.7. The highest BCUT2D eigenvalue weighted by Crippen LogP contribution is 2.48. The van der Waals surface area contributed by atoms with Gasteiger partial charge in [-0.05, 0) is 71.1 Å². The van der Waals surface area contributed by atoms with E-state index in [1.54, 1.807) is 20.8 Å². The third-order valence-electron chi connectivity index (χ3n) is 11.3. The molecule has 12 heteroatoms. The molecule has 2 aliphatic heterocycles. The number of carbonyl (C=O) groups excluding carboxylic acids is 2. The fourth-order valence-electron chi connectivity index (χ4n) is 8.08. The highest BCUT2D eigenvalue weighted by atomic mass is 32.1. The van der Waals surface area contributed by atoms with Gasteiger partial charge in [0, 0.05) is 64.5 Å². The number of cyclic esters (lactones) is 1. The molecule has 3 heterocycles. The van der Waals surface area contributed by atoms with Crippen molar-refractivity contribution in [1.29, 1.82) is 0 Å². The number of anilines is 2. The van der Waals surface area contributed by atoms with Crippen molar-refractivity contribution in [2.45, 2.75) is 109 Å². The maximum absolute atomic E-state index is 13.6. The second-order valence-electron chi connectivity index (χ2n) is 15.7. The third kappa shape index (κ3) is 8.64. The first-order valence-corrected chi connectivity index (χ1v) is 19.6. The van der Waals surface area contributed by atoms with Crippen LogP contribution < -0.4 is 10.6 Å². The van der Waals surface area contributed by atoms with E-state index in [4.69, 9.17) is 4.74 Å². The number of hydrogen-bond acceptors (Lipinski definition) is 11. The van der Waals surface area contributed by atoms with Crippen LogP contribution in [-0.4, -0.2) is 104 Å². The molecule has 53 heavy (non-hydrogen) atoms. The minimum atomic E-state index is -1.84. The van der Waals surface area contributed by atoms with Crippen molar-refractivity contribution in [3.8, 4) is 21.6 Å². The van der Waals surface area contributed by atoms with Gasteiger partial charge in [-0.2, -0.15) is 0 Å². The van der Waals surface area contributed by atoms with Gasteiger partial charge in [0.25, 0.3) is 5.91 Å². The Labute approximate surface area is 317 Å². The van der Waals surface area contributed by atoms with Gasteiger partial charge in [0.2, 0.25) is 0 Å². The molecule has 0 bridgehead atoms. The molecule has 0 unspecified atom stereocenters. The molecule has 1 saturated heterocycles. The fraction of sp³-hybridized carbons (Fsp3) is 0.561. The molecule has 0 saturated carbocycles. The van der Waals surface area contributed by atoms with E-state index in [-0.39, 0.29) is 24.7 Å². The van der Waals surface area contributed by atoms with E-state index >= 15 is 0 Å². The van der Waals surface area contributed by atoms with Crippen molar-refractivity contribution in [3.63, 3.8) is 0 Å². The lowest BCUT2D eigenvalue weighted by Crippen LogP contribution is -2.59. The maximum atomic E-state index is 13.6. The topological polar surface area (TPSA) is 172 Å². The summed E-state index contributed by atoms with van der Waals surface area (Å²) in [5, 5.41) is 63.6. The van der Waals surface area contributed by atoms with Gasteiger partial charge in [0.15, 0.2) is 0 Å². The van der Waals surface area contributed by atoms with E-state index in [9.17, 15) is 35.1 Å². The number of thiophene rings is 1. The van der Waals surface area contributed by atoms with Crippen LogP contribution in [0.3, 0.4) is 0 Å². The first-order chi connectivity index (χ1) is 25.0. The number of nitrogens with zero attached hydrogens (tertiary/aromatic N) is 1. The summed E-state index contributed by atoms with van der Waals surface area (Å²) < 4.78 is 5.71. The van der Waals surface area contributed by atoms with Gasteiger partial charge in [-0.1, -0.05) is 57.2 Å². The number of fused-ring (bicyclic) bond motifs is 5. The van der Waals surface area contributed by atoms with Gasteiger partial charge < -0.3 is 40.9 Å². The molecule has 1 aromatic heterocycles. The van der Waals surface area contributed by atoms with E-state index in [1.165, 1.54) is 32.1 Å². The molecule has 0 spiro atoms. The number of amides is 1. The lowest BCUT2D eigenvalue weighted by Gasteiger charge is -2.43. The van der Waals surface area contributed by atoms with E-state index < -0.39 is 59.5 Å². The van der Waals surface area contributed by atoms with Gasteiger partial charge in [-0.3, -0.25) is 14.5 Å². The number of aliphatic hydroxyl groups is 5. The SMILES string of the molecule is CC[C@H]1OC(=O)[C@H](C)[C@@H](O)[C@H](C)[C@@H](O)[C@](C)(O)C[C@@H](C)CN(CCCNC(=O)c2cc3c(s2)-c2ccccc2Nc2ccccc2-3)[C@H](C)[C@@H](O)[C@]1(C)O. The summed E-state index contributed by atoms with van der Waals surface area (Å²) in [7, 11) is 0. The minimum Gasteiger partial charge on any atom is -0.459 e. The molecule has 3 aromatic rings. The minimum absolute atomic E-state index is 0.166. The van der Waals surface area contributed by atoms with Crippen molar-refractivity contribution in [3.05, 3.63) is 59.5 Å². The maximum Gasteiger partial charge on any atom is 0.311 e. The van der Waals surface area contributed by atoms with Crippen LogP contribution >= 0.6 is 11.3 Å². The van der Waals surface area contributed by atoms with Gasteiger partial charge in [0.1, 0.15) is 17.8 Å². The summed E-state index contributed by atoms with van der Waals surface area (Å²) in [6.07, 6.45) is -4.20. The Balaban J connectivity index is 1.33. The molecule has 2 aromatic carbocycles. The largest absolute Gasteiger partial charge is 0.459 e. The molecular weight excluding hydrogens is 695 g/mol. The second kappa shape index (κ2) is 16.6. The highest BCUT2D eigenvalue weighted by molar-refractivity contribution is 7.18. The Hall–Kier alpha value is -3.36. The average molecular weight is 752 g/mol. The number of carbonyl (C=O) groups is 2. The summed E-state index contributed by atoms with van der Waals surface area (Å²) in [6, 6.07) is 17.4. The van der Waals surface area contributed by atoms with Crippen molar-refractivity contribution in [2.75, 3.05) is 25.0 Å². The molecule has 10 atom stereocenters. The fourth-order valence-corrected chi connectivity index (χ4v) is 9.21. The molecule has 2 aliphatic rings. The summed E-state index contributed by atoms with van der Waals surface area (Å²) in [5.41, 5.74) is 1.56. The predicted molar refractivity (Wildman–Crippen MR) is 208 cm³/mol. The van der Waals surface area contributed by atoms with Crippen LogP contribution in [0, 0.1) is 17.8 Å². The molecular formula is C41H57N3O8S. The molecule has 5 rings (SSSR count). The molecule has 1 amide bonds. The normalized spacial score (nSPS) is 32.8. The quantitative estimate of drug-likeness (QED) is 0.103. The summed E-state index contributed by atoms with van der Waals surface area (Å²) in [6.45, 7) is 12.7. The van der Waals surface area contributed by atoms with Gasteiger partial charge in [-0.15, -0.1) is 11.3 Å². The van der Waals surface area contributed by atoms with Crippen LogP contribution in [0.15, 0.2) is 54.6 Å². The molecule has 11 nitrogen and oxygen atoms in total. The Bertz CT molecular complexity index is 1680. The van der Waals surface area contributed by atoms with Gasteiger partial charge in [-0.25, -0.2) is 0 Å². The molecule has 7 N–H and O–H groups in total. The van der Waals surface area contributed by atoms with Crippen molar-refractivity contribution in [2.24, 2.45) is 17.8 Å². The number of esters is 1. The third-order valence-corrected chi connectivity index (χ3v) is 12.5. The van der Waals surface area contributed by atoms with Crippen LogP contribution in [0.5, 0.6) is 0 Å². The van der Waals surface area contributed by atoms with E-state index in [1.807, 2.05) is 54.3 Å². The van der Waals surface area contributed by atoms with Crippen LogP contribution in [0.2, 0.25) is 0 Å². The zero-order valence-electron chi connectivity index (χ0n) is 31.9. The lowest BCUT2D eigenvalue weighted by molar-refractivity contribution is -0.193. The molecule has 1 fully saturated rings. The van der Waals surface area contributed by atoms with E-state index in [2.05, 4.69) is 22.8 Å². The van der Waals surface area contributed by atoms with Gasteiger partial charge >= 0.3 is 5.97 Å². The van der Waals surface area contributed by atoms with Crippen LogP contribution in [-0.2, 0) is 9.53 Å². The van der Waals surface area contributed by atoms with Crippen molar-refractivity contribution < 1.29 is 39.9 Å². The van der Waals surface area contributed by atoms with Crippen LogP contribution in [0.1, 0.15) is 77.4 Å². The zero-order chi connectivity index (χ0) is 38.8. The summed E-state index contributed by atoms with van der Waals surface area (Å²) in [4.78, 5) is 30.4. The summed E-state index contributed by atoms with van der Waals surface area (Å²) >= 11 is 1.45. The molecule has 0 radical (unpaired) electrons. The number of aliphatic hydroxyl groups excluding tert-OH is 3. The monoisotopic (exact) mass is 751 g/mol. The molecule has 0 aliphatic carbocycles. The first-order valence-electron chi connectivity index (χ1n) is 18.8. The predicted octanol–water partition coefficient (Wildman–Crippen LogP) is 5.17. The highest BCUT2D eigenvalue weighted by Gasteiger charge is 2.47. The first kappa shape index (κ1) is 40.8. The Kier molecular flexibility index (Phi) is 12.8. The average Bonchev–Trinajstić information content (AvgIpc) is 3.52. The Morgan fingerprint density at radius 3 is 2.25 bits per heavy atom. The lowest BCUT2D eigenvalue weighted by atomic mass is 9.78. The Morgan fingerprint density at radius 2 is 1.58 bits per heavy atom. The number of benzene rings is 2. The van der Waals surface area contributed by atoms with Crippen molar-refractivity contribution in [1.82, 2.24) is 10.2 Å².